The van der Waals surface area contributed by atoms with Crippen molar-refractivity contribution in [1.29, 1.82) is 0 Å². The van der Waals surface area contributed by atoms with Crippen LogP contribution in [0.2, 0.25) is 0 Å². The van der Waals surface area contributed by atoms with Crippen LogP contribution in [0.4, 0.5) is 14.6 Å². The normalized spacial score (nSPS) is 15.5. The average Bonchev–Trinajstić information content (AvgIpc) is 3.17. The molecule has 9 nitrogen and oxygen atoms in total. The van der Waals surface area contributed by atoms with Crippen LogP contribution in [0.3, 0.4) is 0 Å². The summed E-state index contributed by atoms with van der Waals surface area (Å²) < 4.78 is 41.5. The van der Waals surface area contributed by atoms with Crippen LogP contribution in [-0.4, -0.2) is 38.8 Å². The Kier molecular flexibility index (Phi) is 5.53. The Labute approximate surface area is 169 Å². The van der Waals surface area contributed by atoms with Crippen molar-refractivity contribution in [2.24, 2.45) is 0 Å². The van der Waals surface area contributed by atoms with Gasteiger partial charge in [-0.25, -0.2) is 0 Å². The number of benzene rings is 1. The first kappa shape index (κ1) is 19.7. The second-order valence-corrected chi connectivity index (χ2v) is 6.48. The van der Waals surface area contributed by atoms with Gasteiger partial charge < -0.3 is 24.3 Å². The molecule has 0 spiro atoms. The molecule has 4 rings (SSSR count). The van der Waals surface area contributed by atoms with Gasteiger partial charge in [-0.1, -0.05) is 18.2 Å². The van der Waals surface area contributed by atoms with Crippen molar-refractivity contribution in [3.05, 3.63) is 64.6 Å². The lowest BCUT2D eigenvalue weighted by Gasteiger charge is -2.22. The topological polar surface area (TPSA) is 102 Å². The first-order valence-corrected chi connectivity index (χ1v) is 8.94. The highest BCUT2D eigenvalue weighted by atomic mass is 19.3. The van der Waals surface area contributed by atoms with Gasteiger partial charge in [0, 0.05) is 16.7 Å². The predicted octanol–water partition coefficient (Wildman–Crippen LogP) is 3.43. The van der Waals surface area contributed by atoms with Crippen molar-refractivity contribution in [3.63, 3.8) is 0 Å². The number of alkyl halides is 2. The van der Waals surface area contributed by atoms with Crippen molar-refractivity contribution in [1.82, 2.24) is 14.5 Å². The second-order valence-electron chi connectivity index (χ2n) is 6.48. The minimum Gasteiger partial charge on any atom is -0.443 e. The molecule has 0 amide bonds. The van der Waals surface area contributed by atoms with Crippen LogP contribution < -0.4 is 9.47 Å². The number of nitrogens with zero attached hydrogens (tertiary/aromatic N) is 4. The Balaban J connectivity index is 1.33. The number of imidazole rings is 1. The minimum absolute atomic E-state index is 0.0906. The van der Waals surface area contributed by atoms with Gasteiger partial charge in [-0.2, -0.15) is 8.78 Å². The molecule has 0 N–H and O–H groups in total. The molecule has 156 valence electrons. The summed E-state index contributed by atoms with van der Waals surface area (Å²) in [4.78, 5) is 18.4. The van der Waals surface area contributed by atoms with Gasteiger partial charge in [-0.15, -0.1) is 0 Å². The van der Waals surface area contributed by atoms with Gasteiger partial charge in [0.05, 0.1) is 18.8 Å². The SMILES string of the molecule is O=[N+]([O-])c1cn2c(n1)OC[C@@H](OCc1ccc(-c3ccc(OC(F)F)cc3)cn1)C2. The van der Waals surface area contributed by atoms with Crippen molar-refractivity contribution in [3.8, 4) is 22.9 Å². The molecule has 30 heavy (non-hydrogen) atoms. The summed E-state index contributed by atoms with van der Waals surface area (Å²) in [5.74, 6) is -0.176. The fraction of sp³-hybridized carbons (Fsp3) is 0.263. The van der Waals surface area contributed by atoms with Gasteiger partial charge in [0.2, 0.25) is 0 Å². The molecule has 0 radical (unpaired) electrons. The molecule has 3 aromatic rings. The first-order valence-electron chi connectivity index (χ1n) is 8.94. The summed E-state index contributed by atoms with van der Waals surface area (Å²) >= 11 is 0. The number of halogens is 2. The first-order chi connectivity index (χ1) is 14.5. The van der Waals surface area contributed by atoms with Gasteiger partial charge in [0.1, 0.15) is 24.7 Å². The van der Waals surface area contributed by atoms with Crippen LogP contribution in [0, 0.1) is 10.1 Å². The predicted molar refractivity (Wildman–Crippen MR) is 99.3 cm³/mol. The summed E-state index contributed by atoms with van der Waals surface area (Å²) in [6.07, 6.45) is 2.68. The molecule has 3 heterocycles. The van der Waals surface area contributed by atoms with Crippen LogP contribution in [0.5, 0.6) is 11.8 Å². The van der Waals surface area contributed by atoms with Crippen LogP contribution in [0.15, 0.2) is 48.8 Å². The number of pyridine rings is 1. The van der Waals surface area contributed by atoms with E-state index in [2.05, 4.69) is 14.7 Å². The molecule has 11 heteroatoms. The fourth-order valence-corrected chi connectivity index (χ4v) is 2.97. The van der Waals surface area contributed by atoms with Crippen molar-refractivity contribution in [2.75, 3.05) is 6.61 Å². The zero-order valence-corrected chi connectivity index (χ0v) is 15.5. The van der Waals surface area contributed by atoms with Crippen LogP contribution in [0.25, 0.3) is 11.1 Å². The Morgan fingerprint density at radius 3 is 2.67 bits per heavy atom. The molecule has 1 aliphatic heterocycles. The Hall–Kier alpha value is -3.60. The number of hydrogen-bond acceptors (Lipinski definition) is 7. The Morgan fingerprint density at radius 1 is 1.23 bits per heavy atom. The van der Waals surface area contributed by atoms with Crippen molar-refractivity contribution < 1.29 is 27.9 Å². The maximum Gasteiger partial charge on any atom is 0.414 e. The molecule has 0 saturated heterocycles. The number of ether oxygens (including phenoxy) is 3. The lowest BCUT2D eigenvalue weighted by atomic mass is 10.1. The highest BCUT2D eigenvalue weighted by Gasteiger charge is 2.28. The van der Waals surface area contributed by atoms with Gasteiger partial charge in [-0.3, -0.25) is 9.55 Å². The summed E-state index contributed by atoms with van der Waals surface area (Å²) in [5.41, 5.74) is 2.32. The van der Waals surface area contributed by atoms with E-state index in [1.54, 1.807) is 29.0 Å². The number of rotatable bonds is 7. The molecule has 1 aliphatic rings. The molecular weight excluding hydrogens is 402 g/mol. The number of nitro groups is 1. The van der Waals surface area contributed by atoms with Gasteiger partial charge in [0.25, 0.3) is 0 Å². The summed E-state index contributed by atoms with van der Waals surface area (Å²) in [7, 11) is 0. The lowest BCUT2D eigenvalue weighted by molar-refractivity contribution is -0.389. The molecule has 0 bridgehead atoms. The third-order valence-corrected chi connectivity index (χ3v) is 4.42. The van der Waals surface area contributed by atoms with E-state index in [-0.39, 0.29) is 36.9 Å². The van der Waals surface area contributed by atoms with Crippen molar-refractivity contribution in [2.45, 2.75) is 25.9 Å². The van der Waals surface area contributed by atoms with E-state index < -0.39 is 11.5 Å². The third kappa shape index (κ3) is 4.51. The number of fused-ring (bicyclic) bond motifs is 1. The number of hydrogen-bond donors (Lipinski definition) is 0. The zero-order chi connectivity index (χ0) is 21.1. The molecular formula is C19H16F2N4O5. The minimum atomic E-state index is -2.86. The van der Waals surface area contributed by atoms with Crippen molar-refractivity contribution >= 4 is 5.82 Å². The molecule has 0 saturated carbocycles. The monoisotopic (exact) mass is 418 g/mol. The van der Waals surface area contributed by atoms with E-state index in [4.69, 9.17) is 9.47 Å². The quantitative estimate of drug-likeness (QED) is 0.428. The van der Waals surface area contributed by atoms with Gasteiger partial charge >= 0.3 is 18.4 Å². The maximum absolute atomic E-state index is 12.2. The Bertz CT molecular complexity index is 1020. The number of aromatic nitrogens is 3. The van der Waals surface area contributed by atoms with E-state index in [1.165, 1.54) is 18.3 Å². The van der Waals surface area contributed by atoms with E-state index in [0.717, 1.165) is 11.1 Å². The second kappa shape index (κ2) is 8.41. The maximum atomic E-state index is 12.2. The molecule has 2 aromatic heterocycles. The van der Waals surface area contributed by atoms with Crippen LogP contribution >= 0.6 is 0 Å². The molecule has 0 unspecified atom stereocenters. The average molecular weight is 418 g/mol. The highest BCUT2D eigenvalue weighted by molar-refractivity contribution is 5.63. The van der Waals surface area contributed by atoms with E-state index in [0.29, 0.717) is 12.2 Å². The van der Waals surface area contributed by atoms with E-state index in [9.17, 15) is 18.9 Å². The van der Waals surface area contributed by atoms with Gasteiger partial charge in [-0.05, 0) is 28.7 Å². The van der Waals surface area contributed by atoms with Crippen LogP contribution in [0.1, 0.15) is 5.69 Å². The standard InChI is InChI=1S/C19H16F2N4O5/c20-18(21)30-15-5-2-12(3-6-15)13-1-4-14(22-7-13)10-28-16-8-24-9-17(25(26)27)23-19(24)29-11-16/h1-7,9,16,18H,8,10-11H2/t16-/m0/s1. The fourth-order valence-electron chi connectivity index (χ4n) is 2.97. The smallest absolute Gasteiger partial charge is 0.414 e. The van der Waals surface area contributed by atoms with E-state index in [1.807, 2.05) is 6.07 Å². The summed E-state index contributed by atoms with van der Waals surface area (Å²) in [6, 6.07) is 10.1. The summed E-state index contributed by atoms with van der Waals surface area (Å²) in [6.45, 7) is -2.00. The molecule has 0 fully saturated rings. The summed E-state index contributed by atoms with van der Waals surface area (Å²) in [5, 5.41) is 10.8. The van der Waals surface area contributed by atoms with Crippen LogP contribution in [-0.2, 0) is 17.9 Å². The lowest BCUT2D eigenvalue weighted by Crippen LogP contribution is -2.32. The molecule has 1 aromatic carbocycles. The molecule has 0 aliphatic carbocycles. The Morgan fingerprint density at radius 2 is 2.00 bits per heavy atom. The zero-order valence-electron chi connectivity index (χ0n) is 15.5. The highest BCUT2D eigenvalue weighted by Crippen LogP contribution is 2.24. The molecule has 1 atom stereocenters. The van der Waals surface area contributed by atoms with Gasteiger partial charge in [0.15, 0.2) is 0 Å². The largest absolute Gasteiger partial charge is 0.443 e. The third-order valence-electron chi connectivity index (χ3n) is 4.42. The van der Waals surface area contributed by atoms with E-state index >= 15 is 0 Å².